The quantitative estimate of drug-likeness (QED) is 0.531. The van der Waals surface area contributed by atoms with Crippen molar-refractivity contribution in [3.05, 3.63) is 35.9 Å². The van der Waals surface area contributed by atoms with E-state index in [0.717, 1.165) is 5.56 Å². The summed E-state index contributed by atoms with van der Waals surface area (Å²) in [6.07, 6.45) is 0. The van der Waals surface area contributed by atoms with E-state index in [1.54, 1.807) is 14.1 Å². The topological polar surface area (TPSA) is 92.6 Å². The van der Waals surface area contributed by atoms with Gasteiger partial charge in [-0.3, -0.25) is 15.6 Å². The lowest BCUT2D eigenvalue weighted by Gasteiger charge is -2.15. The molecule has 1 aromatic rings. The van der Waals surface area contributed by atoms with Gasteiger partial charge < -0.3 is 10.8 Å². The number of hydrogen-bond donors (Lipinski definition) is 3. The number of benzene rings is 1. The zero-order chi connectivity index (χ0) is 13.4. The van der Waals surface area contributed by atoms with E-state index in [9.17, 15) is 4.79 Å². The van der Waals surface area contributed by atoms with E-state index in [1.807, 2.05) is 37.3 Å². The summed E-state index contributed by atoms with van der Waals surface area (Å²) in [6.45, 7) is 1.81. The molecule has 1 aromatic carbocycles. The predicted molar refractivity (Wildman–Crippen MR) is 68.3 cm³/mol. The van der Waals surface area contributed by atoms with Crippen molar-refractivity contribution >= 4 is 5.97 Å². The number of carboxylic acids is 1. The van der Waals surface area contributed by atoms with Crippen molar-refractivity contribution in [1.82, 2.24) is 5.01 Å². The van der Waals surface area contributed by atoms with Crippen LogP contribution < -0.4 is 11.6 Å². The maximum Gasteiger partial charge on any atom is 0.321 e. The Kier molecular flexibility index (Phi) is 7.13. The van der Waals surface area contributed by atoms with Crippen LogP contribution >= 0.6 is 0 Å². The third kappa shape index (κ3) is 6.68. The molecule has 0 aromatic heterocycles. The zero-order valence-corrected chi connectivity index (χ0v) is 10.5. The molecule has 96 valence electrons. The molecule has 0 radical (unpaired) electrons. The maximum absolute atomic E-state index is 10.6. The summed E-state index contributed by atoms with van der Waals surface area (Å²) in [5.41, 5.74) is 6.45. The molecule has 5 N–H and O–H groups in total. The smallest absolute Gasteiger partial charge is 0.321 e. The summed E-state index contributed by atoms with van der Waals surface area (Å²) in [7, 11) is 3.56. The van der Waals surface area contributed by atoms with E-state index < -0.39 is 12.0 Å². The first kappa shape index (κ1) is 15.6. The van der Waals surface area contributed by atoms with Crippen LogP contribution in [0, 0.1) is 0 Å². The molecule has 17 heavy (non-hydrogen) atoms. The van der Waals surface area contributed by atoms with Gasteiger partial charge in [-0.05, 0) is 5.56 Å². The van der Waals surface area contributed by atoms with Crippen LogP contribution in [-0.2, 0) is 4.79 Å². The van der Waals surface area contributed by atoms with E-state index in [4.69, 9.17) is 16.7 Å². The van der Waals surface area contributed by atoms with Crippen LogP contribution in [0.3, 0.4) is 0 Å². The van der Waals surface area contributed by atoms with Gasteiger partial charge in [-0.25, -0.2) is 0 Å². The fraction of sp³-hybridized carbons (Fsp3) is 0.417. The highest BCUT2D eigenvalue weighted by molar-refractivity contribution is 5.74. The fourth-order valence-corrected chi connectivity index (χ4v) is 1.18. The van der Waals surface area contributed by atoms with Crippen LogP contribution in [-0.4, -0.2) is 36.2 Å². The lowest BCUT2D eigenvalue weighted by atomic mass is 9.94. The molecule has 0 spiro atoms. The Balaban J connectivity index is 0.000000557. The third-order valence-corrected chi connectivity index (χ3v) is 2.15. The highest BCUT2D eigenvalue weighted by Crippen LogP contribution is 2.17. The molecule has 2 atom stereocenters. The summed E-state index contributed by atoms with van der Waals surface area (Å²) < 4.78 is 0. The minimum Gasteiger partial charge on any atom is -0.480 e. The molecular formula is C12H21N3O2. The molecule has 5 nitrogen and oxygen atoms in total. The minimum absolute atomic E-state index is 0.154. The molecule has 0 fully saturated rings. The third-order valence-electron chi connectivity index (χ3n) is 2.15. The van der Waals surface area contributed by atoms with E-state index in [1.165, 1.54) is 5.01 Å². The van der Waals surface area contributed by atoms with Crippen molar-refractivity contribution in [2.24, 2.45) is 11.6 Å². The van der Waals surface area contributed by atoms with Gasteiger partial charge in [0, 0.05) is 20.0 Å². The molecule has 1 rings (SSSR count). The molecular weight excluding hydrogens is 218 g/mol. The Morgan fingerprint density at radius 2 is 1.71 bits per heavy atom. The van der Waals surface area contributed by atoms with Gasteiger partial charge in [-0.2, -0.15) is 0 Å². The second-order valence-corrected chi connectivity index (χ2v) is 4.03. The summed E-state index contributed by atoms with van der Waals surface area (Å²) >= 11 is 0. The lowest BCUT2D eigenvalue weighted by molar-refractivity contribution is -0.139. The summed E-state index contributed by atoms with van der Waals surface area (Å²) in [5, 5.41) is 10.2. The van der Waals surface area contributed by atoms with Crippen molar-refractivity contribution in [3.8, 4) is 0 Å². The van der Waals surface area contributed by atoms with Crippen LogP contribution in [0.1, 0.15) is 18.4 Å². The van der Waals surface area contributed by atoms with E-state index in [-0.39, 0.29) is 5.92 Å². The van der Waals surface area contributed by atoms with E-state index in [2.05, 4.69) is 0 Å². The van der Waals surface area contributed by atoms with E-state index >= 15 is 0 Å². The second kappa shape index (κ2) is 7.78. The van der Waals surface area contributed by atoms with Gasteiger partial charge in [-0.1, -0.05) is 37.3 Å². The molecule has 0 saturated heterocycles. The van der Waals surface area contributed by atoms with Gasteiger partial charge in [0.2, 0.25) is 0 Å². The highest BCUT2D eigenvalue weighted by atomic mass is 16.4. The molecule has 0 bridgehead atoms. The molecule has 0 aliphatic heterocycles. The lowest BCUT2D eigenvalue weighted by Crippen LogP contribution is -2.35. The van der Waals surface area contributed by atoms with Crippen LogP contribution in [0.4, 0.5) is 0 Å². The minimum atomic E-state index is -0.962. The first-order valence-electron chi connectivity index (χ1n) is 5.31. The number of hydrogen-bond acceptors (Lipinski definition) is 4. The van der Waals surface area contributed by atoms with Gasteiger partial charge in [0.1, 0.15) is 6.04 Å². The SMILES string of the molecule is CC(c1ccccc1)[C@@H](N)C(=O)O.CN(C)N. The predicted octanol–water partition coefficient (Wildman–Crippen LogP) is 0.624. The van der Waals surface area contributed by atoms with Crippen molar-refractivity contribution in [1.29, 1.82) is 0 Å². The zero-order valence-electron chi connectivity index (χ0n) is 10.5. The molecule has 0 amide bonds. The average Bonchev–Trinajstić information content (AvgIpc) is 2.27. The van der Waals surface area contributed by atoms with Crippen LogP contribution in [0.25, 0.3) is 0 Å². The Bertz CT molecular complexity index is 325. The molecule has 0 saturated carbocycles. The molecule has 5 heteroatoms. The van der Waals surface area contributed by atoms with Crippen LogP contribution in [0.5, 0.6) is 0 Å². The summed E-state index contributed by atoms with van der Waals surface area (Å²) in [5.74, 6) is 3.83. The average molecular weight is 239 g/mol. The van der Waals surface area contributed by atoms with Gasteiger partial charge >= 0.3 is 5.97 Å². The van der Waals surface area contributed by atoms with Crippen molar-refractivity contribution < 1.29 is 9.90 Å². The van der Waals surface area contributed by atoms with Crippen LogP contribution in [0.2, 0.25) is 0 Å². The number of nitrogens with two attached hydrogens (primary N) is 2. The van der Waals surface area contributed by atoms with Crippen molar-refractivity contribution in [2.75, 3.05) is 14.1 Å². The fourth-order valence-electron chi connectivity index (χ4n) is 1.18. The van der Waals surface area contributed by atoms with Crippen LogP contribution in [0.15, 0.2) is 30.3 Å². The summed E-state index contributed by atoms with van der Waals surface area (Å²) in [6, 6.07) is 8.58. The van der Waals surface area contributed by atoms with Crippen molar-refractivity contribution in [2.45, 2.75) is 18.9 Å². The molecule has 0 aliphatic rings. The summed E-state index contributed by atoms with van der Waals surface area (Å²) in [4.78, 5) is 10.6. The Morgan fingerprint density at radius 3 is 2.06 bits per heavy atom. The maximum atomic E-state index is 10.6. The standard InChI is InChI=1S/C10H13NO2.C2H8N2/c1-7(9(11)10(12)13)8-5-3-2-4-6-8;1-4(2)3/h2-7,9H,11H2,1H3,(H,12,13);3H2,1-2H3/t7?,9-;/m1./s1. The van der Waals surface area contributed by atoms with E-state index in [0.29, 0.717) is 0 Å². The first-order chi connectivity index (χ1) is 7.86. The number of aliphatic carboxylic acids is 1. The van der Waals surface area contributed by atoms with Gasteiger partial charge in [-0.15, -0.1) is 0 Å². The normalized spacial score (nSPS) is 13.5. The largest absolute Gasteiger partial charge is 0.480 e. The van der Waals surface area contributed by atoms with Crippen molar-refractivity contribution in [3.63, 3.8) is 0 Å². The molecule has 1 unspecified atom stereocenters. The second-order valence-electron chi connectivity index (χ2n) is 4.03. The Morgan fingerprint density at radius 1 is 1.29 bits per heavy atom. The molecule has 0 heterocycles. The van der Waals surface area contributed by atoms with Gasteiger partial charge in [0.15, 0.2) is 0 Å². The Hall–Kier alpha value is -1.43. The monoisotopic (exact) mass is 239 g/mol. The highest BCUT2D eigenvalue weighted by Gasteiger charge is 2.20. The first-order valence-corrected chi connectivity index (χ1v) is 5.31. The number of rotatable bonds is 3. The molecule has 0 aliphatic carbocycles. The van der Waals surface area contributed by atoms with Gasteiger partial charge in [0.25, 0.3) is 0 Å². The number of carboxylic acid groups (broad SMARTS) is 1. The van der Waals surface area contributed by atoms with Gasteiger partial charge in [0.05, 0.1) is 0 Å². The Labute approximate surface area is 102 Å². The number of hydrazine groups is 1. The number of nitrogens with zero attached hydrogens (tertiary/aromatic N) is 1. The number of carbonyl (C=O) groups is 1.